The van der Waals surface area contributed by atoms with Gasteiger partial charge in [-0.15, -0.1) is 0 Å². The van der Waals surface area contributed by atoms with Crippen LogP contribution >= 0.6 is 0 Å². The van der Waals surface area contributed by atoms with Gasteiger partial charge < -0.3 is 13.9 Å². The van der Waals surface area contributed by atoms with E-state index in [9.17, 15) is 0 Å². The molecule has 0 saturated heterocycles. The largest absolute Gasteiger partial charge is 0.465 e. The summed E-state index contributed by atoms with van der Waals surface area (Å²) in [4.78, 5) is 9.53. The van der Waals surface area contributed by atoms with E-state index >= 15 is 0 Å². The number of hydrogen-bond donors (Lipinski definition) is 0. The SMILES string of the molecule is CCN(CC)CC1CN(Cc2ccc(C)o2)Cc2nccn2C1. The summed E-state index contributed by atoms with van der Waals surface area (Å²) in [5, 5.41) is 0. The number of aryl methyl sites for hydroxylation is 1. The highest BCUT2D eigenvalue weighted by Crippen LogP contribution is 2.19. The normalized spacial score (nSPS) is 19.0. The van der Waals surface area contributed by atoms with Crippen molar-refractivity contribution in [1.82, 2.24) is 19.4 Å². The van der Waals surface area contributed by atoms with Crippen molar-refractivity contribution in [2.45, 2.75) is 40.4 Å². The third-order valence-corrected chi connectivity index (χ3v) is 4.72. The highest BCUT2D eigenvalue weighted by molar-refractivity contribution is 5.06. The van der Waals surface area contributed by atoms with Gasteiger partial charge in [-0.1, -0.05) is 13.8 Å². The van der Waals surface area contributed by atoms with Crippen LogP contribution in [0.1, 0.15) is 31.2 Å². The van der Waals surface area contributed by atoms with E-state index in [0.29, 0.717) is 5.92 Å². The monoisotopic (exact) mass is 316 g/mol. The van der Waals surface area contributed by atoms with Gasteiger partial charge in [0.1, 0.15) is 17.3 Å². The lowest BCUT2D eigenvalue weighted by molar-refractivity contribution is 0.166. The predicted octanol–water partition coefficient (Wildman–Crippen LogP) is 2.76. The number of fused-ring (bicyclic) bond motifs is 1. The minimum atomic E-state index is 0.612. The van der Waals surface area contributed by atoms with Crippen molar-refractivity contribution in [2.75, 3.05) is 26.2 Å². The van der Waals surface area contributed by atoms with Gasteiger partial charge >= 0.3 is 0 Å². The summed E-state index contributed by atoms with van der Waals surface area (Å²) in [6, 6.07) is 4.13. The molecule has 23 heavy (non-hydrogen) atoms. The van der Waals surface area contributed by atoms with Gasteiger partial charge in [0.2, 0.25) is 0 Å². The summed E-state index contributed by atoms with van der Waals surface area (Å²) in [7, 11) is 0. The molecule has 0 aliphatic carbocycles. The van der Waals surface area contributed by atoms with E-state index in [1.807, 2.05) is 19.2 Å². The Kier molecular flexibility index (Phi) is 5.18. The third-order valence-electron chi connectivity index (χ3n) is 4.72. The number of nitrogens with zero attached hydrogens (tertiary/aromatic N) is 4. The Morgan fingerprint density at radius 2 is 2.09 bits per heavy atom. The van der Waals surface area contributed by atoms with Gasteiger partial charge in [-0.05, 0) is 32.1 Å². The van der Waals surface area contributed by atoms with Crippen LogP contribution in [0.5, 0.6) is 0 Å². The minimum Gasteiger partial charge on any atom is -0.465 e. The first-order valence-electron chi connectivity index (χ1n) is 8.68. The minimum absolute atomic E-state index is 0.612. The average Bonchev–Trinajstić information content (AvgIpc) is 3.10. The Balaban J connectivity index is 1.74. The van der Waals surface area contributed by atoms with Crippen molar-refractivity contribution in [1.29, 1.82) is 0 Å². The van der Waals surface area contributed by atoms with Crippen molar-refractivity contribution >= 4 is 0 Å². The number of aromatic nitrogens is 2. The van der Waals surface area contributed by atoms with E-state index in [1.165, 1.54) is 0 Å². The fourth-order valence-electron chi connectivity index (χ4n) is 3.50. The highest BCUT2D eigenvalue weighted by atomic mass is 16.3. The van der Waals surface area contributed by atoms with E-state index in [-0.39, 0.29) is 0 Å². The average molecular weight is 316 g/mol. The quantitative estimate of drug-likeness (QED) is 0.821. The Labute approximate surface area is 138 Å². The Morgan fingerprint density at radius 3 is 2.78 bits per heavy atom. The molecule has 1 aliphatic heterocycles. The van der Waals surface area contributed by atoms with Gasteiger partial charge in [0, 0.05) is 37.9 Å². The number of hydrogen-bond acceptors (Lipinski definition) is 4. The molecule has 5 heteroatoms. The first-order chi connectivity index (χ1) is 11.2. The summed E-state index contributed by atoms with van der Waals surface area (Å²) in [6.45, 7) is 13.7. The molecule has 1 aliphatic rings. The summed E-state index contributed by atoms with van der Waals surface area (Å²) in [5.74, 6) is 3.80. The third kappa shape index (κ3) is 4.03. The maximum absolute atomic E-state index is 5.78. The molecule has 0 N–H and O–H groups in total. The van der Waals surface area contributed by atoms with Crippen LogP contribution < -0.4 is 0 Å². The molecule has 0 spiro atoms. The van der Waals surface area contributed by atoms with Crippen molar-refractivity contribution in [2.24, 2.45) is 5.92 Å². The molecule has 0 radical (unpaired) electrons. The Bertz CT molecular complexity index is 614. The van der Waals surface area contributed by atoms with Gasteiger partial charge in [0.15, 0.2) is 0 Å². The van der Waals surface area contributed by atoms with Gasteiger partial charge in [-0.25, -0.2) is 4.98 Å². The van der Waals surface area contributed by atoms with Crippen LogP contribution in [0.3, 0.4) is 0 Å². The van der Waals surface area contributed by atoms with Crippen molar-refractivity contribution in [3.63, 3.8) is 0 Å². The van der Waals surface area contributed by atoms with Crippen LogP contribution in [0.25, 0.3) is 0 Å². The highest BCUT2D eigenvalue weighted by Gasteiger charge is 2.24. The predicted molar refractivity (Wildman–Crippen MR) is 91.1 cm³/mol. The van der Waals surface area contributed by atoms with Crippen LogP contribution in [0.2, 0.25) is 0 Å². The van der Waals surface area contributed by atoms with Crippen LogP contribution in [-0.2, 0) is 19.6 Å². The van der Waals surface area contributed by atoms with E-state index in [2.05, 4.69) is 45.5 Å². The summed E-state index contributed by atoms with van der Waals surface area (Å²) < 4.78 is 8.10. The van der Waals surface area contributed by atoms with Gasteiger partial charge in [0.25, 0.3) is 0 Å². The Morgan fingerprint density at radius 1 is 1.26 bits per heavy atom. The van der Waals surface area contributed by atoms with E-state index in [4.69, 9.17) is 4.42 Å². The molecule has 2 aromatic heterocycles. The zero-order valence-electron chi connectivity index (χ0n) is 14.5. The Hall–Kier alpha value is -1.59. The van der Waals surface area contributed by atoms with E-state index in [1.54, 1.807) is 0 Å². The summed E-state index contributed by atoms with van der Waals surface area (Å²) in [5.41, 5.74) is 0. The smallest absolute Gasteiger partial charge is 0.122 e. The topological polar surface area (TPSA) is 37.4 Å². The fraction of sp³-hybridized carbons (Fsp3) is 0.611. The fourth-order valence-corrected chi connectivity index (χ4v) is 3.50. The molecule has 3 rings (SSSR count). The first kappa shape index (κ1) is 16.3. The maximum Gasteiger partial charge on any atom is 0.122 e. The molecule has 1 atom stereocenters. The first-order valence-corrected chi connectivity index (χ1v) is 8.68. The molecule has 0 fully saturated rings. The second kappa shape index (κ2) is 7.32. The molecule has 1 unspecified atom stereocenters. The molecular formula is C18H28N4O. The summed E-state index contributed by atoms with van der Waals surface area (Å²) in [6.07, 6.45) is 4.04. The second-order valence-corrected chi connectivity index (χ2v) is 6.53. The van der Waals surface area contributed by atoms with Gasteiger partial charge in [0.05, 0.1) is 13.1 Å². The zero-order chi connectivity index (χ0) is 16.2. The molecule has 5 nitrogen and oxygen atoms in total. The lowest BCUT2D eigenvalue weighted by atomic mass is 10.1. The van der Waals surface area contributed by atoms with Gasteiger partial charge in [-0.3, -0.25) is 4.90 Å². The van der Waals surface area contributed by atoms with E-state index in [0.717, 1.165) is 63.2 Å². The van der Waals surface area contributed by atoms with Crippen molar-refractivity contribution < 1.29 is 4.42 Å². The van der Waals surface area contributed by atoms with Crippen molar-refractivity contribution in [3.05, 3.63) is 41.9 Å². The number of imidazole rings is 1. The summed E-state index contributed by atoms with van der Waals surface area (Å²) >= 11 is 0. The molecule has 0 amide bonds. The molecular weight excluding hydrogens is 288 g/mol. The van der Waals surface area contributed by atoms with Crippen molar-refractivity contribution in [3.8, 4) is 0 Å². The number of furan rings is 1. The standard InChI is InChI=1S/C18H28N4O/c1-4-20(5-2)10-16-11-21(13-17-7-6-15(3)23-17)14-18-19-8-9-22(18)12-16/h6-9,16H,4-5,10-14H2,1-3H3. The molecule has 3 heterocycles. The molecule has 0 aromatic carbocycles. The maximum atomic E-state index is 5.78. The van der Waals surface area contributed by atoms with Crippen LogP contribution in [-0.4, -0.2) is 45.5 Å². The molecule has 126 valence electrons. The molecule has 0 saturated carbocycles. The molecule has 2 aromatic rings. The zero-order valence-corrected chi connectivity index (χ0v) is 14.5. The van der Waals surface area contributed by atoms with Gasteiger partial charge in [-0.2, -0.15) is 0 Å². The number of rotatable bonds is 6. The molecule has 0 bridgehead atoms. The lowest BCUT2D eigenvalue weighted by Gasteiger charge is -2.27. The van der Waals surface area contributed by atoms with Crippen LogP contribution in [0.15, 0.2) is 28.9 Å². The second-order valence-electron chi connectivity index (χ2n) is 6.53. The van der Waals surface area contributed by atoms with Crippen LogP contribution in [0.4, 0.5) is 0 Å². The lowest BCUT2D eigenvalue weighted by Crippen LogP contribution is -2.36. The van der Waals surface area contributed by atoms with Crippen LogP contribution in [0, 0.1) is 12.8 Å². The van der Waals surface area contributed by atoms with E-state index < -0.39 is 0 Å².